The summed E-state index contributed by atoms with van der Waals surface area (Å²) in [4.78, 5) is 28.4. The first-order valence-corrected chi connectivity index (χ1v) is 14.3. The Morgan fingerprint density at radius 1 is 0.902 bits per heavy atom. The molecule has 0 fully saturated rings. The summed E-state index contributed by atoms with van der Waals surface area (Å²) in [6, 6.07) is 32.0. The zero-order valence-corrected chi connectivity index (χ0v) is 24.3. The molecule has 0 saturated heterocycles. The topological polar surface area (TPSA) is 58.6 Å². The molecule has 0 aromatic heterocycles. The molecule has 4 aromatic carbocycles. The van der Waals surface area contributed by atoms with E-state index in [1.807, 2.05) is 107 Å². The Balaban J connectivity index is 1.33. The molecule has 5 rings (SSSR count). The van der Waals surface area contributed by atoms with Gasteiger partial charge in [-0.3, -0.25) is 4.79 Å². The molecular formula is C36H38N2O3. The number of fused-ring (bicyclic) bond motifs is 1. The van der Waals surface area contributed by atoms with E-state index < -0.39 is 5.60 Å². The molecule has 41 heavy (non-hydrogen) atoms. The van der Waals surface area contributed by atoms with Gasteiger partial charge in [-0.2, -0.15) is 0 Å². The maximum Gasteiger partial charge on any atom is 0.339 e. The van der Waals surface area contributed by atoms with Gasteiger partial charge in [-0.1, -0.05) is 66.7 Å². The van der Waals surface area contributed by atoms with Gasteiger partial charge in [0.25, 0.3) is 5.91 Å². The number of carbonyl (C=O) groups excluding carboxylic acids is 2. The second kappa shape index (κ2) is 12.0. The van der Waals surface area contributed by atoms with Crippen molar-refractivity contribution < 1.29 is 14.3 Å². The number of carbonyl (C=O) groups is 2. The van der Waals surface area contributed by atoms with Crippen LogP contribution in [0.15, 0.2) is 97.1 Å². The number of amides is 1. The fourth-order valence-electron chi connectivity index (χ4n) is 5.39. The lowest BCUT2D eigenvalue weighted by atomic mass is 9.96. The van der Waals surface area contributed by atoms with Crippen LogP contribution in [0.4, 0.5) is 5.69 Å². The van der Waals surface area contributed by atoms with E-state index >= 15 is 0 Å². The molecule has 5 nitrogen and oxygen atoms in total. The van der Waals surface area contributed by atoms with Gasteiger partial charge in [-0.05, 0) is 98.7 Å². The Morgan fingerprint density at radius 3 is 2.44 bits per heavy atom. The fraction of sp³-hybridized carbons (Fsp3) is 0.278. The van der Waals surface area contributed by atoms with Gasteiger partial charge in [0.15, 0.2) is 0 Å². The number of esters is 1. The number of benzene rings is 4. The molecule has 1 heterocycles. The number of rotatable bonds is 7. The molecule has 1 aliphatic rings. The van der Waals surface area contributed by atoms with E-state index in [2.05, 4.69) is 28.4 Å². The van der Waals surface area contributed by atoms with Crippen molar-refractivity contribution in [3.05, 3.63) is 125 Å². The van der Waals surface area contributed by atoms with Gasteiger partial charge in [-0.25, -0.2) is 4.79 Å². The van der Waals surface area contributed by atoms with Gasteiger partial charge >= 0.3 is 5.97 Å². The number of hydrogen-bond donors (Lipinski definition) is 1. The first kappa shape index (κ1) is 28.2. The number of nitrogens with one attached hydrogen (secondary N) is 1. The zero-order valence-electron chi connectivity index (χ0n) is 24.3. The SMILES string of the molecule is C[C@H](NC(=O)c1ccc2c(c1)CCCN2Cc1cccc(-c2ccccc2C(=O)OC(C)(C)C)c1)c1ccccc1. The van der Waals surface area contributed by atoms with E-state index in [0.29, 0.717) is 11.1 Å². The Bertz CT molecular complexity index is 1540. The van der Waals surface area contributed by atoms with E-state index in [4.69, 9.17) is 4.74 Å². The molecule has 1 N–H and O–H groups in total. The summed E-state index contributed by atoms with van der Waals surface area (Å²) >= 11 is 0. The van der Waals surface area contributed by atoms with Gasteiger partial charge in [0.05, 0.1) is 11.6 Å². The molecule has 0 aliphatic carbocycles. The summed E-state index contributed by atoms with van der Waals surface area (Å²) in [5.41, 5.74) is 7.15. The lowest BCUT2D eigenvalue weighted by Crippen LogP contribution is -2.30. The van der Waals surface area contributed by atoms with Crippen LogP contribution in [-0.2, 0) is 17.7 Å². The van der Waals surface area contributed by atoms with E-state index in [1.54, 1.807) is 0 Å². The standard InChI is InChI=1S/C36H38N2O3/c1-25(27-13-6-5-7-14-27)37-34(39)30-19-20-33-29(23-30)16-11-21-38(33)24-26-12-10-15-28(22-26)31-17-8-9-18-32(31)35(40)41-36(2,3)4/h5-10,12-15,17-20,22-23,25H,11,16,21,24H2,1-4H3,(H,37,39)/t25-/m0/s1. The van der Waals surface area contributed by atoms with Crippen molar-refractivity contribution in [3.63, 3.8) is 0 Å². The normalized spacial score (nSPS) is 13.7. The molecule has 0 saturated carbocycles. The number of aryl methyl sites for hydroxylation is 1. The van der Waals surface area contributed by atoms with Crippen LogP contribution < -0.4 is 10.2 Å². The molecule has 5 heteroatoms. The minimum atomic E-state index is -0.561. The maximum atomic E-state index is 13.1. The predicted octanol–water partition coefficient (Wildman–Crippen LogP) is 7.75. The summed E-state index contributed by atoms with van der Waals surface area (Å²) < 4.78 is 5.67. The van der Waals surface area contributed by atoms with Crippen molar-refractivity contribution in [3.8, 4) is 11.1 Å². The van der Waals surface area contributed by atoms with Crippen molar-refractivity contribution in [1.82, 2.24) is 5.32 Å². The smallest absolute Gasteiger partial charge is 0.339 e. The monoisotopic (exact) mass is 546 g/mol. The highest BCUT2D eigenvalue weighted by atomic mass is 16.6. The summed E-state index contributed by atoms with van der Waals surface area (Å²) in [5, 5.41) is 3.13. The molecule has 0 radical (unpaired) electrons. The van der Waals surface area contributed by atoms with Gasteiger partial charge in [0.2, 0.25) is 0 Å². The fourth-order valence-corrected chi connectivity index (χ4v) is 5.39. The third-order valence-electron chi connectivity index (χ3n) is 7.36. The maximum absolute atomic E-state index is 13.1. The van der Waals surface area contributed by atoms with Crippen molar-refractivity contribution in [2.24, 2.45) is 0 Å². The molecule has 1 amide bonds. The Hall–Kier alpha value is -4.38. The van der Waals surface area contributed by atoms with E-state index in [0.717, 1.165) is 48.2 Å². The van der Waals surface area contributed by atoms with Crippen LogP contribution >= 0.6 is 0 Å². The van der Waals surface area contributed by atoms with Gasteiger partial charge in [0.1, 0.15) is 5.60 Å². The summed E-state index contributed by atoms with van der Waals surface area (Å²) in [6.07, 6.45) is 1.98. The molecule has 4 aromatic rings. The molecule has 1 aliphatic heterocycles. The molecular weight excluding hydrogens is 508 g/mol. The second-order valence-electron chi connectivity index (χ2n) is 11.7. The lowest BCUT2D eigenvalue weighted by Gasteiger charge is -2.32. The summed E-state index contributed by atoms with van der Waals surface area (Å²) in [6.45, 7) is 9.34. The third-order valence-corrected chi connectivity index (χ3v) is 7.36. The highest BCUT2D eigenvalue weighted by Gasteiger charge is 2.22. The summed E-state index contributed by atoms with van der Waals surface area (Å²) in [5.74, 6) is -0.376. The molecule has 0 unspecified atom stereocenters. The zero-order chi connectivity index (χ0) is 29.0. The van der Waals surface area contributed by atoms with Crippen LogP contribution in [-0.4, -0.2) is 24.0 Å². The van der Waals surface area contributed by atoms with Gasteiger partial charge in [-0.15, -0.1) is 0 Å². The van der Waals surface area contributed by atoms with Gasteiger partial charge in [0, 0.05) is 24.3 Å². The minimum absolute atomic E-state index is 0.0577. The van der Waals surface area contributed by atoms with Crippen molar-refractivity contribution >= 4 is 17.6 Å². The lowest BCUT2D eigenvalue weighted by molar-refractivity contribution is 0.00703. The van der Waals surface area contributed by atoms with Crippen molar-refractivity contribution in [2.75, 3.05) is 11.4 Å². The summed E-state index contributed by atoms with van der Waals surface area (Å²) in [7, 11) is 0. The quantitative estimate of drug-likeness (QED) is 0.241. The highest BCUT2D eigenvalue weighted by molar-refractivity contribution is 5.97. The minimum Gasteiger partial charge on any atom is -0.456 e. The number of hydrogen-bond acceptors (Lipinski definition) is 4. The first-order valence-electron chi connectivity index (χ1n) is 14.3. The van der Waals surface area contributed by atoms with Crippen LogP contribution in [0.2, 0.25) is 0 Å². The Labute approximate surface area is 243 Å². The van der Waals surface area contributed by atoms with Crippen LogP contribution in [0, 0.1) is 0 Å². The number of ether oxygens (including phenoxy) is 1. The Morgan fingerprint density at radius 2 is 1.66 bits per heavy atom. The van der Waals surface area contributed by atoms with Crippen LogP contribution in [0.5, 0.6) is 0 Å². The number of anilines is 1. The van der Waals surface area contributed by atoms with Crippen LogP contribution in [0.1, 0.15) is 77.6 Å². The van der Waals surface area contributed by atoms with E-state index in [1.165, 1.54) is 11.3 Å². The predicted molar refractivity (Wildman–Crippen MR) is 165 cm³/mol. The average Bonchev–Trinajstić information content (AvgIpc) is 2.97. The van der Waals surface area contributed by atoms with Crippen molar-refractivity contribution in [1.29, 1.82) is 0 Å². The van der Waals surface area contributed by atoms with Crippen molar-refractivity contribution in [2.45, 2.75) is 58.7 Å². The van der Waals surface area contributed by atoms with Gasteiger partial charge < -0.3 is 15.0 Å². The van der Waals surface area contributed by atoms with E-state index in [-0.39, 0.29) is 17.9 Å². The molecule has 1 atom stereocenters. The molecule has 0 spiro atoms. The average molecular weight is 547 g/mol. The third kappa shape index (κ3) is 6.86. The second-order valence-corrected chi connectivity index (χ2v) is 11.7. The highest BCUT2D eigenvalue weighted by Crippen LogP contribution is 2.31. The van der Waals surface area contributed by atoms with E-state index in [9.17, 15) is 9.59 Å². The van der Waals surface area contributed by atoms with Crippen LogP contribution in [0.3, 0.4) is 0 Å². The Kier molecular flexibility index (Phi) is 8.25. The number of nitrogens with zero attached hydrogens (tertiary/aromatic N) is 1. The molecule has 0 bridgehead atoms. The van der Waals surface area contributed by atoms with Crippen LogP contribution in [0.25, 0.3) is 11.1 Å². The first-order chi connectivity index (χ1) is 19.7. The largest absolute Gasteiger partial charge is 0.456 e. The molecule has 210 valence electrons.